The summed E-state index contributed by atoms with van der Waals surface area (Å²) in [6.45, 7) is 8.02. The van der Waals surface area contributed by atoms with Crippen LogP contribution >= 0.6 is 0 Å². The molecule has 1 aromatic rings. The average molecular weight is 376 g/mol. The zero-order valence-corrected chi connectivity index (χ0v) is 17.1. The number of hydrogen-bond donors (Lipinski definition) is 1. The number of anilines is 1. The van der Waals surface area contributed by atoms with Crippen molar-refractivity contribution in [3.63, 3.8) is 0 Å². The summed E-state index contributed by atoms with van der Waals surface area (Å²) in [5, 5.41) is 11.1. The molecule has 0 saturated carbocycles. The molecule has 1 N–H and O–H groups in total. The largest absolute Gasteiger partial charge is 0.388 e. The normalized spacial score (nSPS) is 26.0. The van der Waals surface area contributed by atoms with Crippen LogP contribution in [0.4, 0.5) is 5.69 Å². The number of nitrogens with zero attached hydrogens (tertiary/aromatic N) is 3. The van der Waals surface area contributed by atoms with E-state index in [-0.39, 0.29) is 5.91 Å². The second-order valence-corrected chi connectivity index (χ2v) is 8.54. The van der Waals surface area contributed by atoms with Crippen LogP contribution in [0, 0.1) is 6.92 Å². The molecule has 27 heavy (non-hydrogen) atoms. The molecule has 2 heterocycles. The number of hydrogen-bond acceptors (Lipinski definition) is 5. The zero-order valence-electron chi connectivity index (χ0n) is 17.1. The van der Waals surface area contributed by atoms with Gasteiger partial charge in [-0.2, -0.15) is 0 Å². The van der Waals surface area contributed by atoms with Crippen LogP contribution in [0.15, 0.2) is 24.3 Å². The summed E-state index contributed by atoms with van der Waals surface area (Å²) in [6.07, 6.45) is 1.47. The number of morpholine rings is 1. The molecule has 3 rings (SSSR count). The van der Waals surface area contributed by atoms with Crippen molar-refractivity contribution < 1.29 is 14.6 Å². The van der Waals surface area contributed by atoms with E-state index in [1.54, 1.807) is 19.0 Å². The first kappa shape index (κ1) is 20.1. The minimum Gasteiger partial charge on any atom is -0.388 e. The standard InChI is InChI=1S/C21H33N3O3/c1-17-5-7-18(8-6-17)24-11-9-21(26,10-12-24)16-23-13-14-27-20(2,15-23)19(25)22(3)4/h5-8,26H,9-16H2,1-4H3/t20-/m1/s1. The van der Waals surface area contributed by atoms with Crippen LogP contribution in [-0.2, 0) is 9.53 Å². The maximum Gasteiger partial charge on any atom is 0.255 e. The number of piperidine rings is 1. The topological polar surface area (TPSA) is 56.2 Å². The highest BCUT2D eigenvalue weighted by atomic mass is 16.5. The van der Waals surface area contributed by atoms with Gasteiger partial charge in [0.05, 0.1) is 12.2 Å². The Morgan fingerprint density at radius 1 is 1.19 bits per heavy atom. The summed E-state index contributed by atoms with van der Waals surface area (Å²) in [6, 6.07) is 8.57. The summed E-state index contributed by atoms with van der Waals surface area (Å²) in [5.41, 5.74) is 0.939. The second-order valence-electron chi connectivity index (χ2n) is 8.54. The molecule has 0 spiro atoms. The van der Waals surface area contributed by atoms with Gasteiger partial charge in [-0.3, -0.25) is 9.69 Å². The van der Waals surface area contributed by atoms with Crippen LogP contribution in [0.3, 0.4) is 0 Å². The van der Waals surface area contributed by atoms with Gasteiger partial charge in [0, 0.05) is 52.5 Å². The number of likely N-dealkylation sites (N-methyl/N-ethyl adjacent to an activating group) is 1. The number of aliphatic hydroxyl groups is 1. The molecule has 0 aromatic heterocycles. The van der Waals surface area contributed by atoms with Crippen molar-refractivity contribution in [3.8, 4) is 0 Å². The lowest BCUT2D eigenvalue weighted by atomic mass is 9.89. The molecule has 0 bridgehead atoms. The first-order chi connectivity index (χ1) is 12.7. The lowest BCUT2D eigenvalue weighted by molar-refractivity contribution is -0.168. The van der Waals surface area contributed by atoms with Gasteiger partial charge < -0.3 is 19.6 Å². The van der Waals surface area contributed by atoms with Crippen molar-refractivity contribution in [2.75, 3.05) is 58.3 Å². The predicted octanol–water partition coefficient (Wildman–Crippen LogP) is 1.51. The number of rotatable bonds is 4. The molecule has 6 heteroatoms. The van der Waals surface area contributed by atoms with Gasteiger partial charge in [0.25, 0.3) is 5.91 Å². The van der Waals surface area contributed by atoms with E-state index in [9.17, 15) is 9.90 Å². The third kappa shape index (κ3) is 4.62. The third-order valence-corrected chi connectivity index (χ3v) is 5.82. The van der Waals surface area contributed by atoms with Gasteiger partial charge in [0.2, 0.25) is 0 Å². The molecule has 0 aliphatic carbocycles. The lowest BCUT2D eigenvalue weighted by Crippen LogP contribution is -2.61. The van der Waals surface area contributed by atoms with Crippen molar-refractivity contribution in [1.82, 2.24) is 9.80 Å². The van der Waals surface area contributed by atoms with Gasteiger partial charge in [-0.1, -0.05) is 17.7 Å². The summed E-state index contributed by atoms with van der Waals surface area (Å²) < 4.78 is 5.80. The highest BCUT2D eigenvalue weighted by Crippen LogP contribution is 2.29. The highest BCUT2D eigenvalue weighted by molar-refractivity contribution is 5.84. The number of benzene rings is 1. The van der Waals surface area contributed by atoms with Crippen LogP contribution in [0.5, 0.6) is 0 Å². The van der Waals surface area contributed by atoms with E-state index in [1.165, 1.54) is 11.3 Å². The quantitative estimate of drug-likeness (QED) is 0.865. The van der Waals surface area contributed by atoms with Crippen molar-refractivity contribution in [2.45, 2.75) is 37.9 Å². The summed E-state index contributed by atoms with van der Waals surface area (Å²) >= 11 is 0. The molecule has 2 saturated heterocycles. The first-order valence-electron chi connectivity index (χ1n) is 9.83. The monoisotopic (exact) mass is 375 g/mol. The van der Waals surface area contributed by atoms with E-state index >= 15 is 0 Å². The Balaban J connectivity index is 1.58. The Hall–Kier alpha value is -1.63. The molecule has 0 unspecified atom stereocenters. The zero-order chi connectivity index (χ0) is 19.7. The number of amides is 1. The minimum atomic E-state index is -0.833. The van der Waals surface area contributed by atoms with Crippen LogP contribution in [-0.4, -0.2) is 85.4 Å². The Morgan fingerprint density at radius 3 is 2.41 bits per heavy atom. The Morgan fingerprint density at radius 2 is 1.81 bits per heavy atom. The Bertz CT molecular complexity index is 653. The molecule has 1 amide bonds. The van der Waals surface area contributed by atoms with Gasteiger partial charge in [-0.05, 0) is 38.8 Å². The fourth-order valence-electron chi connectivity index (χ4n) is 4.20. The predicted molar refractivity (Wildman–Crippen MR) is 107 cm³/mol. The van der Waals surface area contributed by atoms with E-state index in [0.717, 1.165) is 32.5 Å². The van der Waals surface area contributed by atoms with E-state index in [4.69, 9.17) is 4.74 Å². The number of carbonyl (C=O) groups excluding carboxylic acids is 1. The van der Waals surface area contributed by atoms with E-state index in [2.05, 4.69) is 41.0 Å². The molecule has 2 aliphatic rings. The maximum atomic E-state index is 12.5. The van der Waals surface area contributed by atoms with Gasteiger partial charge in [0.1, 0.15) is 0 Å². The smallest absolute Gasteiger partial charge is 0.255 e. The van der Waals surface area contributed by atoms with Crippen LogP contribution < -0.4 is 4.90 Å². The summed E-state index contributed by atoms with van der Waals surface area (Å²) in [5.74, 6) is -0.0200. The van der Waals surface area contributed by atoms with Crippen LogP contribution in [0.1, 0.15) is 25.3 Å². The van der Waals surface area contributed by atoms with Crippen LogP contribution in [0.2, 0.25) is 0 Å². The maximum absolute atomic E-state index is 12.5. The Labute approximate surface area is 162 Å². The first-order valence-corrected chi connectivity index (χ1v) is 9.83. The van der Waals surface area contributed by atoms with Gasteiger partial charge >= 0.3 is 0 Å². The number of carbonyl (C=O) groups is 1. The SMILES string of the molecule is Cc1ccc(N2CCC(O)(CN3CCO[C@@](C)(C(=O)N(C)C)C3)CC2)cc1. The molecule has 6 nitrogen and oxygen atoms in total. The van der Waals surface area contributed by atoms with E-state index in [0.29, 0.717) is 19.7 Å². The molecule has 2 fully saturated rings. The number of aryl methyl sites for hydroxylation is 1. The van der Waals surface area contributed by atoms with Gasteiger partial charge in [-0.15, -0.1) is 0 Å². The molecule has 150 valence electrons. The van der Waals surface area contributed by atoms with Crippen molar-refractivity contribution in [1.29, 1.82) is 0 Å². The van der Waals surface area contributed by atoms with Crippen molar-refractivity contribution in [3.05, 3.63) is 29.8 Å². The van der Waals surface area contributed by atoms with E-state index in [1.807, 2.05) is 6.92 Å². The molecular weight excluding hydrogens is 342 g/mol. The van der Waals surface area contributed by atoms with Gasteiger partial charge in [-0.25, -0.2) is 0 Å². The fourth-order valence-corrected chi connectivity index (χ4v) is 4.20. The second kappa shape index (κ2) is 7.78. The molecule has 1 aromatic carbocycles. The molecule has 1 atom stereocenters. The van der Waals surface area contributed by atoms with E-state index < -0.39 is 11.2 Å². The number of β-amino-alcohol motifs (C(OH)–C–C–N with tert-alkyl or cyclic N) is 1. The molecular formula is C21H33N3O3. The van der Waals surface area contributed by atoms with Gasteiger partial charge in [0.15, 0.2) is 5.60 Å². The number of ether oxygens (including phenoxy) is 1. The average Bonchev–Trinajstić information content (AvgIpc) is 2.62. The van der Waals surface area contributed by atoms with Crippen molar-refractivity contribution in [2.24, 2.45) is 0 Å². The molecule has 2 aliphatic heterocycles. The van der Waals surface area contributed by atoms with Crippen molar-refractivity contribution >= 4 is 11.6 Å². The molecule has 0 radical (unpaired) electrons. The Kier molecular flexibility index (Phi) is 5.79. The fraction of sp³-hybridized carbons (Fsp3) is 0.667. The third-order valence-electron chi connectivity index (χ3n) is 5.82. The minimum absolute atomic E-state index is 0.0200. The summed E-state index contributed by atoms with van der Waals surface area (Å²) in [7, 11) is 3.51. The summed E-state index contributed by atoms with van der Waals surface area (Å²) in [4.78, 5) is 18.6. The highest BCUT2D eigenvalue weighted by Gasteiger charge is 2.43. The van der Waals surface area contributed by atoms with Crippen LogP contribution in [0.25, 0.3) is 0 Å². The lowest BCUT2D eigenvalue weighted by Gasteiger charge is -2.45.